The number of hydrogen-bond acceptors (Lipinski definition) is 4. The smallest absolute Gasteiger partial charge is 0.229 e. The van der Waals surface area contributed by atoms with Crippen molar-refractivity contribution < 1.29 is 9.53 Å². The summed E-state index contributed by atoms with van der Waals surface area (Å²) in [6, 6.07) is 6.26. The molecular formula is C26H37N3O2. The first-order valence-electron chi connectivity index (χ1n) is 11.4. The summed E-state index contributed by atoms with van der Waals surface area (Å²) < 4.78 is 6.36. The fourth-order valence-corrected chi connectivity index (χ4v) is 4.40. The zero-order chi connectivity index (χ0) is 22.7. The highest BCUT2D eigenvalue weighted by Crippen LogP contribution is 2.35. The van der Waals surface area contributed by atoms with E-state index in [1.165, 1.54) is 18.4 Å². The molecule has 1 aromatic carbocycles. The minimum absolute atomic E-state index is 0.0718. The van der Waals surface area contributed by atoms with Crippen LogP contribution >= 0.6 is 0 Å². The molecule has 1 fully saturated rings. The summed E-state index contributed by atoms with van der Waals surface area (Å²) in [6.45, 7) is 17.9. The van der Waals surface area contributed by atoms with E-state index in [0.29, 0.717) is 12.4 Å². The number of likely N-dealkylation sites (tertiary alicyclic amines) is 1. The van der Waals surface area contributed by atoms with Crippen LogP contribution < -0.4 is 9.64 Å². The van der Waals surface area contributed by atoms with Crippen molar-refractivity contribution in [3.63, 3.8) is 0 Å². The van der Waals surface area contributed by atoms with Crippen LogP contribution in [0.2, 0.25) is 0 Å². The number of anilines is 1. The Hall–Kier alpha value is -2.40. The van der Waals surface area contributed by atoms with Crippen molar-refractivity contribution in [2.75, 3.05) is 31.1 Å². The minimum Gasteiger partial charge on any atom is -0.438 e. The second kappa shape index (κ2) is 9.82. The molecule has 2 aromatic rings. The Kier molecular flexibility index (Phi) is 7.37. The molecule has 0 unspecified atom stereocenters. The van der Waals surface area contributed by atoms with Gasteiger partial charge in [0.15, 0.2) is 0 Å². The van der Waals surface area contributed by atoms with Crippen molar-refractivity contribution >= 4 is 11.6 Å². The van der Waals surface area contributed by atoms with Gasteiger partial charge in [0, 0.05) is 30.3 Å². The van der Waals surface area contributed by atoms with Gasteiger partial charge in [0.25, 0.3) is 0 Å². The first kappa shape index (κ1) is 23.3. The highest BCUT2D eigenvalue weighted by Gasteiger charge is 2.24. The topological polar surface area (TPSA) is 45.7 Å². The van der Waals surface area contributed by atoms with Crippen LogP contribution in [0.1, 0.15) is 54.6 Å². The summed E-state index contributed by atoms with van der Waals surface area (Å²) in [6.07, 6.45) is 2.50. The lowest BCUT2D eigenvalue weighted by molar-refractivity contribution is -0.121. The molecule has 1 amide bonds. The molecule has 0 N–H and O–H groups in total. The van der Waals surface area contributed by atoms with Gasteiger partial charge in [0.2, 0.25) is 11.8 Å². The van der Waals surface area contributed by atoms with Crippen LogP contribution in [-0.4, -0.2) is 42.0 Å². The maximum atomic E-state index is 13.2. The lowest BCUT2D eigenvalue weighted by Crippen LogP contribution is -2.40. The molecule has 5 heteroatoms. The number of rotatable bonds is 7. The number of pyridine rings is 1. The normalized spacial score (nSPS) is 14.3. The van der Waals surface area contributed by atoms with E-state index in [-0.39, 0.29) is 11.8 Å². The van der Waals surface area contributed by atoms with E-state index in [1.54, 1.807) is 0 Å². The fourth-order valence-electron chi connectivity index (χ4n) is 4.40. The molecular weight excluding hydrogens is 386 g/mol. The molecule has 0 spiro atoms. The van der Waals surface area contributed by atoms with Crippen LogP contribution in [0.25, 0.3) is 0 Å². The van der Waals surface area contributed by atoms with Gasteiger partial charge in [-0.15, -0.1) is 0 Å². The van der Waals surface area contributed by atoms with Gasteiger partial charge >= 0.3 is 0 Å². The predicted molar refractivity (Wildman–Crippen MR) is 127 cm³/mol. The highest BCUT2D eigenvalue weighted by atomic mass is 16.5. The summed E-state index contributed by atoms with van der Waals surface area (Å²) in [5.41, 5.74) is 6.05. The maximum absolute atomic E-state index is 13.2. The predicted octanol–water partition coefficient (Wildman–Crippen LogP) is 5.50. The summed E-state index contributed by atoms with van der Waals surface area (Å²) in [7, 11) is 0. The second-order valence-electron chi connectivity index (χ2n) is 9.24. The molecule has 1 aliphatic rings. The van der Waals surface area contributed by atoms with Gasteiger partial charge < -0.3 is 14.5 Å². The van der Waals surface area contributed by atoms with Crippen molar-refractivity contribution in [3.8, 4) is 11.6 Å². The molecule has 1 aromatic heterocycles. The van der Waals surface area contributed by atoms with Crippen LogP contribution in [0.15, 0.2) is 18.2 Å². The van der Waals surface area contributed by atoms with Crippen LogP contribution in [0.3, 0.4) is 0 Å². The minimum atomic E-state index is -0.0718. The molecule has 0 saturated carbocycles. The molecule has 0 bridgehead atoms. The molecule has 0 radical (unpaired) electrons. The third kappa shape index (κ3) is 5.45. The van der Waals surface area contributed by atoms with E-state index in [2.05, 4.69) is 42.8 Å². The maximum Gasteiger partial charge on any atom is 0.229 e. The van der Waals surface area contributed by atoms with Crippen molar-refractivity contribution in [3.05, 3.63) is 46.1 Å². The highest BCUT2D eigenvalue weighted by molar-refractivity contribution is 5.95. The van der Waals surface area contributed by atoms with E-state index in [0.717, 1.165) is 53.5 Å². The average molecular weight is 424 g/mol. The molecule has 3 rings (SSSR count). The molecule has 0 aliphatic carbocycles. The average Bonchev–Trinajstić information content (AvgIpc) is 3.21. The number of carbonyl (C=O) groups is 1. The Balaban J connectivity index is 1.96. The standard InChI is InChI=1S/C26H37N3O2/c1-17(2)26(30)29(13-12-28-10-8-9-11-28)23-16-21(6)27-25(22(23)7)31-24-19(4)14-18(3)15-20(24)5/h14-17H,8-13H2,1-7H3. The summed E-state index contributed by atoms with van der Waals surface area (Å²) >= 11 is 0. The number of ether oxygens (including phenoxy) is 1. The molecule has 5 nitrogen and oxygen atoms in total. The number of hydrogen-bond donors (Lipinski definition) is 0. The van der Waals surface area contributed by atoms with Gasteiger partial charge in [-0.1, -0.05) is 31.5 Å². The molecule has 2 heterocycles. The van der Waals surface area contributed by atoms with Gasteiger partial charge in [0.1, 0.15) is 5.75 Å². The molecule has 31 heavy (non-hydrogen) atoms. The second-order valence-corrected chi connectivity index (χ2v) is 9.24. The molecule has 1 aliphatic heterocycles. The van der Waals surface area contributed by atoms with E-state index in [4.69, 9.17) is 4.74 Å². The third-order valence-electron chi connectivity index (χ3n) is 6.02. The van der Waals surface area contributed by atoms with Crippen molar-refractivity contribution in [1.82, 2.24) is 9.88 Å². The zero-order valence-corrected chi connectivity index (χ0v) is 20.2. The van der Waals surface area contributed by atoms with Crippen LogP contribution in [-0.2, 0) is 4.79 Å². The van der Waals surface area contributed by atoms with Gasteiger partial charge in [-0.05, 0) is 77.7 Å². The van der Waals surface area contributed by atoms with Gasteiger partial charge in [-0.2, -0.15) is 0 Å². The number of benzene rings is 1. The number of aromatic nitrogens is 1. The fraction of sp³-hybridized carbons (Fsp3) is 0.538. The number of amides is 1. The summed E-state index contributed by atoms with van der Waals surface area (Å²) in [5.74, 6) is 1.49. The SMILES string of the molecule is Cc1cc(C)c(Oc2nc(C)cc(N(CCN3CCCC3)C(=O)C(C)C)c2C)c(C)c1. The Morgan fingerprint density at radius 2 is 1.68 bits per heavy atom. The number of nitrogens with zero attached hydrogens (tertiary/aromatic N) is 3. The summed E-state index contributed by atoms with van der Waals surface area (Å²) in [4.78, 5) is 22.2. The quantitative estimate of drug-likeness (QED) is 0.590. The Labute approximate surface area is 187 Å². The van der Waals surface area contributed by atoms with Crippen molar-refractivity contribution in [1.29, 1.82) is 0 Å². The number of carbonyl (C=O) groups excluding carboxylic acids is 1. The van der Waals surface area contributed by atoms with Crippen LogP contribution in [0.5, 0.6) is 11.6 Å². The van der Waals surface area contributed by atoms with Gasteiger partial charge in [-0.25, -0.2) is 4.98 Å². The first-order chi connectivity index (χ1) is 14.7. The molecule has 1 saturated heterocycles. The Bertz CT molecular complexity index is 923. The Morgan fingerprint density at radius 3 is 2.26 bits per heavy atom. The van der Waals surface area contributed by atoms with Crippen LogP contribution in [0.4, 0.5) is 5.69 Å². The van der Waals surface area contributed by atoms with E-state index in [1.807, 2.05) is 38.7 Å². The molecule has 168 valence electrons. The van der Waals surface area contributed by atoms with Crippen molar-refractivity contribution in [2.45, 2.75) is 61.3 Å². The third-order valence-corrected chi connectivity index (χ3v) is 6.02. The van der Waals surface area contributed by atoms with Gasteiger partial charge in [0.05, 0.1) is 5.69 Å². The van der Waals surface area contributed by atoms with Crippen molar-refractivity contribution in [2.24, 2.45) is 5.92 Å². The number of aryl methyl sites for hydroxylation is 4. The van der Waals surface area contributed by atoms with E-state index >= 15 is 0 Å². The first-order valence-corrected chi connectivity index (χ1v) is 11.4. The zero-order valence-electron chi connectivity index (χ0n) is 20.2. The summed E-state index contributed by atoms with van der Waals surface area (Å²) in [5, 5.41) is 0. The largest absolute Gasteiger partial charge is 0.438 e. The Morgan fingerprint density at radius 1 is 1.06 bits per heavy atom. The lowest BCUT2D eigenvalue weighted by atomic mass is 10.1. The van der Waals surface area contributed by atoms with E-state index in [9.17, 15) is 4.79 Å². The lowest BCUT2D eigenvalue weighted by Gasteiger charge is -2.29. The monoisotopic (exact) mass is 423 g/mol. The van der Waals surface area contributed by atoms with Crippen LogP contribution in [0, 0.1) is 40.5 Å². The van der Waals surface area contributed by atoms with Gasteiger partial charge in [-0.3, -0.25) is 4.79 Å². The van der Waals surface area contributed by atoms with E-state index < -0.39 is 0 Å². The molecule has 0 atom stereocenters.